The Morgan fingerprint density at radius 1 is 1.28 bits per heavy atom. The van der Waals surface area contributed by atoms with Gasteiger partial charge in [-0.15, -0.1) is 10.2 Å². The van der Waals surface area contributed by atoms with E-state index in [1.807, 2.05) is 25.1 Å². The van der Waals surface area contributed by atoms with Crippen molar-refractivity contribution in [3.63, 3.8) is 0 Å². The number of amides is 1. The van der Waals surface area contributed by atoms with Gasteiger partial charge in [0.25, 0.3) is 0 Å². The average Bonchev–Trinajstić information content (AvgIpc) is 3.44. The van der Waals surface area contributed by atoms with Gasteiger partial charge in [-0.05, 0) is 56.2 Å². The monoisotopic (exact) mass is 459 g/mol. The molecule has 0 spiro atoms. The Labute approximate surface area is 194 Å². The van der Waals surface area contributed by atoms with Crippen LogP contribution in [0, 0.1) is 12.8 Å². The van der Waals surface area contributed by atoms with E-state index in [-0.39, 0.29) is 17.8 Å². The topological polar surface area (TPSA) is 81.5 Å². The van der Waals surface area contributed by atoms with Crippen LogP contribution < -0.4 is 15.0 Å². The second kappa shape index (κ2) is 10.6. The van der Waals surface area contributed by atoms with Crippen LogP contribution in [0.5, 0.6) is 5.75 Å². The van der Waals surface area contributed by atoms with Gasteiger partial charge in [0.2, 0.25) is 11.9 Å². The lowest BCUT2D eigenvalue weighted by molar-refractivity contribution is -0.113. The van der Waals surface area contributed by atoms with Crippen molar-refractivity contribution in [2.45, 2.75) is 57.3 Å². The maximum Gasteiger partial charge on any atom is 0.234 e. The highest BCUT2D eigenvalue weighted by Crippen LogP contribution is 2.29. The summed E-state index contributed by atoms with van der Waals surface area (Å²) >= 11 is 1.42. The average molecular weight is 460 g/mol. The van der Waals surface area contributed by atoms with Crippen molar-refractivity contribution in [1.82, 2.24) is 14.8 Å². The van der Waals surface area contributed by atoms with Crippen molar-refractivity contribution in [3.8, 4) is 5.75 Å². The maximum atomic E-state index is 12.7. The molecule has 32 heavy (non-hydrogen) atoms. The van der Waals surface area contributed by atoms with Crippen LogP contribution in [-0.4, -0.2) is 59.3 Å². The Morgan fingerprint density at radius 3 is 2.81 bits per heavy atom. The number of carbonyl (C=O) groups excluding carboxylic acids is 1. The summed E-state index contributed by atoms with van der Waals surface area (Å²) in [7, 11) is 1.60. The van der Waals surface area contributed by atoms with Crippen molar-refractivity contribution < 1.29 is 14.3 Å². The number of methoxy groups -OCH3 is 1. The van der Waals surface area contributed by atoms with Gasteiger partial charge in [-0.3, -0.25) is 9.36 Å². The van der Waals surface area contributed by atoms with E-state index in [2.05, 4.69) is 31.9 Å². The van der Waals surface area contributed by atoms with Crippen molar-refractivity contribution in [3.05, 3.63) is 23.8 Å². The van der Waals surface area contributed by atoms with Gasteiger partial charge >= 0.3 is 0 Å². The van der Waals surface area contributed by atoms with Crippen LogP contribution in [0.1, 0.15) is 38.2 Å². The number of aromatic nitrogens is 3. The lowest BCUT2D eigenvalue weighted by Gasteiger charge is -2.31. The van der Waals surface area contributed by atoms with Gasteiger partial charge in [-0.2, -0.15) is 0 Å². The molecule has 0 radical (unpaired) electrons. The summed E-state index contributed by atoms with van der Waals surface area (Å²) in [6.45, 7) is 7.81. The molecule has 2 aromatic rings. The predicted molar refractivity (Wildman–Crippen MR) is 127 cm³/mol. The first kappa shape index (κ1) is 22.9. The largest absolute Gasteiger partial charge is 0.495 e. The summed E-state index contributed by atoms with van der Waals surface area (Å²) in [6, 6.07) is 5.73. The van der Waals surface area contributed by atoms with Gasteiger partial charge in [0.05, 0.1) is 31.2 Å². The SMILES string of the molecule is COc1ccc(C)cc1NC(=O)CSc1nnc(N2CCC(C)CC2)n1CC1CCCO1. The Bertz CT molecular complexity index is 920. The molecule has 1 amide bonds. The van der Waals surface area contributed by atoms with E-state index in [1.165, 1.54) is 11.8 Å². The number of benzene rings is 1. The number of nitrogens with one attached hydrogen (secondary N) is 1. The number of ether oxygens (including phenoxy) is 2. The van der Waals surface area contributed by atoms with E-state index in [0.29, 0.717) is 11.4 Å². The number of hydrogen-bond donors (Lipinski definition) is 1. The molecule has 1 unspecified atom stereocenters. The number of anilines is 2. The summed E-state index contributed by atoms with van der Waals surface area (Å²) in [5.41, 5.74) is 1.74. The molecule has 2 aliphatic heterocycles. The molecule has 2 saturated heterocycles. The Balaban J connectivity index is 1.45. The zero-order chi connectivity index (χ0) is 22.5. The molecule has 1 aromatic heterocycles. The van der Waals surface area contributed by atoms with Crippen LogP contribution in [0.4, 0.5) is 11.6 Å². The number of rotatable bonds is 8. The van der Waals surface area contributed by atoms with E-state index < -0.39 is 0 Å². The molecular weight excluding hydrogens is 426 g/mol. The summed E-state index contributed by atoms with van der Waals surface area (Å²) < 4.78 is 13.4. The van der Waals surface area contributed by atoms with Gasteiger partial charge in [0.1, 0.15) is 5.75 Å². The Hall–Kier alpha value is -2.26. The van der Waals surface area contributed by atoms with Gasteiger partial charge in [0.15, 0.2) is 5.16 Å². The number of thioether (sulfide) groups is 1. The lowest BCUT2D eigenvalue weighted by Crippen LogP contribution is -2.35. The summed E-state index contributed by atoms with van der Waals surface area (Å²) in [6.07, 6.45) is 4.64. The van der Waals surface area contributed by atoms with Crippen LogP contribution in [0.25, 0.3) is 0 Å². The molecule has 2 fully saturated rings. The van der Waals surface area contributed by atoms with Crippen molar-refractivity contribution >= 4 is 29.3 Å². The van der Waals surface area contributed by atoms with Gasteiger partial charge in [-0.25, -0.2) is 0 Å². The van der Waals surface area contributed by atoms with Gasteiger partial charge in [0, 0.05) is 19.7 Å². The fraction of sp³-hybridized carbons (Fsp3) is 0.609. The molecular formula is C23H33N5O3S. The molecule has 174 valence electrons. The molecule has 1 atom stereocenters. The molecule has 4 rings (SSSR count). The smallest absolute Gasteiger partial charge is 0.234 e. The van der Waals surface area contributed by atoms with Crippen molar-refractivity contribution in [2.24, 2.45) is 5.92 Å². The zero-order valence-corrected chi connectivity index (χ0v) is 20.0. The fourth-order valence-electron chi connectivity index (χ4n) is 4.22. The van der Waals surface area contributed by atoms with E-state index >= 15 is 0 Å². The van der Waals surface area contributed by atoms with Crippen molar-refractivity contribution in [1.29, 1.82) is 0 Å². The number of carbonyl (C=O) groups is 1. The molecule has 8 nitrogen and oxygen atoms in total. The first-order valence-corrected chi connectivity index (χ1v) is 12.4. The van der Waals surface area contributed by atoms with Crippen molar-refractivity contribution in [2.75, 3.05) is 42.8 Å². The lowest BCUT2D eigenvalue weighted by atomic mass is 10.00. The van der Waals surface area contributed by atoms with E-state index in [1.54, 1.807) is 7.11 Å². The standard InChI is InChI=1S/C23H33N5O3S/c1-16-8-10-27(11-9-16)22-25-26-23(28(22)14-18-5-4-12-31-18)32-15-21(29)24-19-13-17(2)6-7-20(19)30-3/h6-7,13,16,18H,4-5,8-12,14-15H2,1-3H3,(H,24,29). The highest BCUT2D eigenvalue weighted by molar-refractivity contribution is 7.99. The minimum Gasteiger partial charge on any atom is -0.495 e. The molecule has 9 heteroatoms. The van der Waals surface area contributed by atoms with E-state index in [0.717, 1.165) is 74.5 Å². The van der Waals surface area contributed by atoms with Crippen LogP contribution >= 0.6 is 11.8 Å². The first-order valence-electron chi connectivity index (χ1n) is 11.4. The first-order chi connectivity index (χ1) is 15.5. The third-order valence-electron chi connectivity index (χ3n) is 6.14. The number of nitrogens with zero attached hydrogens (tertiary/aromatic N) is 4. The molecule has 1 aromatic carbocycles. The molecule has 1 N–H and O–H groups in total. The molecule has 2 aliphatic rings. The minimum absolute atomic E-state index is 0.0982. The fourth-order valence-corrected chi connectivity index (χ4v) is 4.96. The molecule has 0 saturated carbocycles. The summed E-state index contributed by atoms with van der Waals surface area (Å²) in [5, 5.41) is 12.7. The minimum atomic E-state index is -0.0982. The quantitative estimate of drug-likeness (QED) is 0.602. The summed E-state index contributed by atoms with van der Waals surface area (Å²) in [4.78, 5) is 15.0. The highest BCUT2D eigenvalue weighted by atomic mass is 32.2. The third kappa shape index (κ3) is 5.56. The highest BCUT2D eigenvalue weighted by Gasteiger charge is 2.26. The molecule has 0 aliphatic carbocycles. The maximum absolute atomic E-state index is 12.7. The normalized spacial score (nSPS) is 19.3. The van der Waals surface area contributed by atoms with Crippen LogP contribution in [-0.2, 0) is 16.1 Å². The van der Waals surface area contributed by atoms with E-state index in [9.17, 15) is 4.79 Å². The molecule has 3 heterocycles. The van der Waals surface area contributed by atoms with Gasteiger partial charge < -0.3 is 19.7 Å². The van der Waals surface area contributed by atoms with E-state index in [4.69, 9.17) is 9.47 Å². The number of aryl methyl sites for hydroxylation is 1. The predicted octanol–water partition coefficient (Wildman–Crippen LogP) is 3.74. The zero-order valence-electron chi connectivity index (χ0n) is 19.2. The van der Waals surface area contributed by atoms with Crippen LogP contribution in [0.2, 0.25) is 0 Å². The Kier molecular flexibility index (Phi) is 7.57. The van der Waals surface area contributed by atoms with Gasteiger partial charge in [-0.1, -0.05) is 24.8 Å². The molecule has 0 bridgehead atoms. The number of hydrogen-bond acceptors (Lipinski definition) is 7. The van der Waals surface area contributed by atoms with Crippen LogP contribution in [0.3, 0.4) is 0 Å². The number of piperidine rings is 1. The summed E-state index contributed by atoms with van der Waals surface area (Å²) in [5.74, 6) is 2.45. The third-order valence-corrected chi connectivity index (χ3v) is 7.10. The Morgan fingerprint density at radius 2 is 2.09 bits per heavy atom. The second-order valence-electron chi connectivity index (χ2n) is 8.74. The van der Waals surface area contributed by atoms with Crippen LogP contribution in [0.15, 0.2) is 23.4 Å². The second-order valence-corrected chi connectivity index (χ2v) is 9.68.